The van der Waals surface area contributed by atoms with Gasteiger partial charge in [0.15, 0.2) is 5.82 Å². The first kappa shape index (κ1) is 14.4. The number of fused-ring (bicyclic) bond motifs is 1. The summed E-state index contributed by atoms with van der Waals surface area (Å²) in [7, 11) is 0. The third-order valence-electron chi connectivity index (χ3n) is 3.60. The van der Waals surface area contributed by atoms with Gasteiger partial charge in [-0.2, -0.15) is 0 Å². The summed E-state index contributed by atoms with van der Waals surface area (Å²) in [5.41, 5.74) is 6.97. The molecule has 4 nitrogen and oxygen atoms in total. The second kappa shape index (κ2) is 4.76. The Bertz CT molecular complexity index is 862. The Balaban J connectivity index is 2.22. The fraction of sp³-hybridized carbons (Fsp3) is 0.250. The van der Waals surface area contributed by atoms with Gasteiger partial charge in [-0.25, -0.2) is 18.3 Å². The lowest BCUT2D eigenvalue weighted by Crippen LogP contribution is -2.11. The molecule has 2 heterocycles. The molecule has 22 heavy (non-hydrogen) atoms. The summed E-state index contributed by atoms with van der Waals surface area (Å²) >= 11 is 0. The molecule has 3 rings (SSSR count). The molecule has 2 N–H and O–H groups in total. The summed E-state index contributed by atoms with van der Waals surface area (Å²) in [5, 5.41) is 3.96. The fourth-order valence-electron chi connectivity index (χ4n) is 2.35. The average Bonchev–Trinajstić information content (AvgIpc) is 2.74. The molecule has 2 aromatic heterocycles. The molecule has 3 aromatic rings. The van der Waals surface area contributed by atoms with E-state index in [2.05, 4.69) is 10.1 Å². The van der Waals surface area contributed by atoms with E-state index >= 15 is 0 Å². The number of halogens is 2. The standard InChI is InChI=1S/C16H16F2N4/c1-16(2,3)9-4-5-10(11(17)6-9)13-7-12(18)14-8-20-15(19)21-22(13)14/h4-8H,1-3H3,(H2,19,21). The Morgan fingerprint density at radius 1 is 1.09 bits per heavy atom. The predicted molar refractivity (Wildman–Crippen MR) is 81.5 cm³/mol. The van der Waals surface area contributed by atoms with Crippen molar-refractivity contribution in [3.05, 3.63) is 47.7 Å². The van der Waals surface area contributed by atoms with E-state index in [1.54, 1.807) is 6.07 Å². The van der Waals surface area contributed by atoms with Crippen molar-refractivity contribution in [1.82, 2.24) is 14.6 Å². The van der Waals surface area contributed by atoms with Gasteiger partial charge in [-0.05, 0) is 23.1 Å². The quantitative estimate of drug-likeness (QED) is 0.748. The Morgan fingerprint density at radius 3 is 2.45 bits per heavy atom. The summed E-state index contributed by atoms with van der Waals surface area (Å²) in [6.07, 6.45) is 1.28. The maximum Gasteiger partial charge on any atom is 0.238 e. The van der Waals surface area contributed by atoms with Gasteiger partial charge in [0.05, 0.1) is 11.9 Å². The highest BCUT2D eigenvalue weighted by Crippen LogP contribution is 2.30. The lowest BCUT2D eigenvalue weighted by molar-refractivity contribution is 0.573. The SMILES string of the molecule is CC(C)(C)c1ccc(-c2cc(F)c3cnc(N)nn23)c(F)c1. The molecule has 0 unspecified atom stereocenters. The Kier molecular flexibility index (Phi) is 3.12. The summed E-state index contributed by atoms with van der Waals surface area (Å²) in [4.78, 5) is 3.76. The number of anilines is 1. The lowest BCUT2D eigenvalue weighted by atomic mass is 9.86. The molecule has 0 fully saturated rings. The molecule has 6 heteroatoms. The van der Waals surface area contributed by atoms with E-state index < -0.39 is 11.6 Å². The number of benzene rings is 1. The molecule has 0 atom stereocenters. The third-order valence-corrected chi connectivity index (χ3v) is 3.60. The highest BCUT2D eigenvalue weighted by molar-refractivity contribution is 5.68. The third kappa shape index (κ3) is 2.30. The maximum absolute atomic E-state index is 14.5. The number of nitrogen functional groups attached to an aromatic ring is 1. The van der Waals surface area contributed by atoms with Crippen LogP contribution in [0.3, 0.4) is 0 Å². The van der Waals surface area contributed by atoms with E-state index in [4.69, 9.17) is 5.73 Å². The zero-order valence-electron chi connectivity index (χ0n) is 12.6. The maximum atomic E-state index is 14.5. The second-order valence-electron chi connectivity index (χ2n) is 6.24. The highest BCUT2D eigenvalue weighted by atomic mass is 19.1. The molecule has 0 aliphatic rings. The van der Waals surface area contributed by atoms with Crippen LogP contribution in [0.1, 0.15) is 26.3 Å². The topological polar surface area (TPSA) is 56.2 Å². The largest absolute Gasteiger partial charge is 0.367 e. The van der Waals surface area contributed by atoms with Crippen LogP contribution >= 0.6 is 0 Å². The van der Waals surface area contributed by atoms with Crippen LogP contribution in [0.5, 0.6) is 0 Å². The lowest BCUT2D eigenvalue weighted by Gasteiger charge is -2.19. The van der Waals surface area contributed by atoms with E-state index in [9.17, 15) is 8.78 Å². The van der Waals surface area contributed by atoms with Crippen molar-refractivity contribution in [3.63, 3.8) is 0 Å². The molecule has 0 amide bonds. The van der Waals surface area contributed by atoms with Crippen molar-refractivity contribution >= 4 is 11.5 Å². The van der Waals surface area contributed by atoms with Crippen molar-refractivity contribution in [2.24, 2.45) is 0 Å². The first-order valence-corrected chi connectivity index (χ1v) is 6.87. The van der Waals surface area contributed by atoms with Gasteiger partial charge >= 0.3 is 0 Å². The molecule has 0 saturated carbocycles. The van der Waals surface area contributed by atoms with Gasteiger partial charge in [0.2, 0.25) is 5.95 Å². The van der Waals surface area contributed by atoms with Crippen LogP contribution in [0.2, 0.25) is 0 Å². The molecule has 0 bridgehead atoms. The Hall–Kier alpha value is -2.50. The van der Waals surface area contributed by atoms with Crippen LogP contribution in [0.25, 0.3) is 16.8 Å². The van der Waals surface area contributed by atoms with Crippen LogP contribution < -0.4 is 5.73 Å². The molecule has 114 valence electrons. The van der Waals surface area contributed by atoms with Crippen LogP contribution in [-0.4, -0.2) is 14.6 Å². The van der Waals surface area contributed by atoms with Crippen molar-refractivity contribution < 1.29 is 8.78 Å². The summed E-state index contributed by atoms with van der Waals surface area (Å²) in [6, 6.07) is 6.17. The van der Waals surface area contributed by atoms with Gasteiger partial charge in [0.1, 0.15) is 11.3 Å². The zero-order chi connectivity index (χ0) is 16.1. The minimum Gasteiger partial charge on any atom is -0.367 e. The monoisotopic (exact) mass is 302 g/mol. The molecule has 0 aliphatic carbocycles. The second-order valence-corrected chi connectivity index (χ2v) is 6.24. The Morgan fingerprint density at radius 2 is 1.82 bits per heavy atom. The van der Waals surface area contributed by atoms with Gasteiger partial charge in [-0.1, -0.05) is 26.8 Å². The summed E-state index contributed by atoms with van der Waals surface area (Å²) in [5.74, 6) is -0.950. The molecular formula is C16H16F2N4. The van der Waals surface area contributed by atoms with Gasteiger partial charge < -0.3 is 5.73 Å². The Labute approximate surface area is 126 Å². The smallest absolute Gasteiger partial charge is 0.238 e. The van der Waals surface area contributed by atoms with Crippen molar-refractivity contribution in [2.75, 3.05) is 5.73 Å². The molecular weight excluding hydrogens is 286 g/mol. The number of hydrogen-bond donors (Lipinski definition) is 1. The summed E-state index contributed by atoms with van der Waals surface area (Å²) in [6.45, 7) is 6.01. The van der Waals surface area contributed by atoms with Gasteiger partial charge in [-0.3, -0.25) is 0 Å². The number of aromatic nitrogens is 3. The molecule has 0 aliphatic heterocycles. The van der Waals surface area contributed by atoms with Gasteiger partial charge in [-0.15, -0.1) is 5.10 Å². The first-order chi connectivity index (χ1) is 10.3. The minimum absolute atomic E-state index is 0.00364. The molecule has 1 aromatic carbocycles. The first-order valence-electron chi connectivity index (χ1n) is 6.87. The number of rotatable bonds is 1. The predicted octanol–water partition coefficient (Wildman–Crippen LogP) is 3.55. The van der Waals surface area contributed by atoms with Crippen LogP contribution in [0.4, 0.5) is 14.7 Å². The number of nitrogens with two attached hydrogens (primary N) is 1. The van der Waals surface area contributed by atoms with Crippen molar-refractivity contribution in [3.8, 4) is 11.3 Å². The van der Waals surface area contributed by atoms with Crippen LogP contribution in [0.15, 0.2) is 30.5 Å². The van der Waals surface area contributed by atoms with Crippen molar-refractivity contribution in [1.29, 1.82) is 0 Å². The van der Waals surface area contributed by atoms with Crippen LogP contribution in [-0.2, 0) is 5.41 Å². The fourth-order valence-corrected chi connectivity index (χ4v) is 2.35. The number of hydrogen-bond acceptors (Lipinski definition) is 3. The average molecular weight is 302 g/mol. The van der Waals surface area contributed by atoms with E-state index in [1.807, 2.05) is 26.8 Å². The minimum atomic E-state index is -0.519. The highest BCUT2D eigenvalue weighted by Gasteiger charge is 2.19. The van der Waals surface area contributed by atoms with Gasteiger partial charge in [0, 0.05) is 11.6 Å². The van der Waals surface area contributed by atoms with E-state index in [1.165, 1.54) is 22.8 Å². The van der Waals surface area contributed by atoms with E-state index in [-0.39, 0.29) is 22.4 Å². The molecule has 0 radical (unpaired) electrons. The molecule has 0 spiro atoms. The van der Waals surface area contributed by atoms with Crippen molar-refractivity contribution in [2.45, 2.75) is 26.2 Å². The van der Waals surface area contributed by atoms with E-state index in [0.717, 1.165) is 5.56 Å². The number of nitrogens with zero attached hydrogens (tertiary/aromatic N) is 3. The molecule has 0 saturated heterocycles. The normalized spacial score (nSPS) is 12.0. The van der Waals surface area contributed by atoms with Gasteiger partial charge in [0.25, 0.3) is 0 Å². The summed E-state index contributed by atoms with van der Waals surface area (Å²) < 4.78 is 29.7. The zero-order valence-corrected chi connectivity index (χ0v) is 12.6. The van der Waals surface area contributed by atoms with Crippen LogP contribution in [0, 0.1) is 11.6 Å². The van der Waals surface area contributed by atoms with E-state index in [0.29, 0.717) is 5.69 Å².